The average molecular weight is 366 g/mol. The van der Waals surface area contributed by atoms with E-state index in [0.29, 0.717) is 29.8 Å². The molecule has 1 saturated heterocycles. The van der Waals surface area contributed by atoms with Gasteiger partial charge in [0.15, 0.2) is 17.2 Å². The molecule has 1 amide bonds. The van der Waals surface area contributed by atoms with Crippen LogP contribution in [0.4, 0.5) is 0 Å². The van der Waals surface area contributed by atoms with Gasteiger partial charge in [0.2, 0.25) is 6.79 Å². The average Bonchev–Trinajstić information content (AvgIpc) is 3.30. The SMILES string of the molecule is Cl.O=C(NCc1cccc2c1OCO2)c1cn(C2CCNCC2)nn1. The third-order valence-corrected chi connectivity index (χ3v) is 4.34. The number of para-hydroxylation sites is 1. The van der Waals surface area contributed by atoms with E-state index in [2.05, 4.69) is 20.9 Å². The maximum atomic E-state index is 12.3. The van der Waals surface area contributed by atoms with Gasteiger partial charge in [-0.1, -0.05) is 17.3 Å². The second-order valence-electron chi connectivity index (χ2n) is 5.90. The fourth-order valence-electron chi connectivity index (χ4n) is 3.03. The molecule has 0 radical (unpaired) electrons. The van der Waals surface area contributed by atoms with Crippen LogP contribution in [0.2, 0.25) is 0 Å². The molecule has 0 unspecified atom stereocenters. The molecule has 3 heterocycles. The molecule has 1 aromatic carbocycles. The van der Waals surface area contributed by atoms with E-state index >= 15 is 0 Å². The van der Waals surface area contributed by atoms with Crippen molar-refractivity contribution in [3.8, 4) is 11.5 Å². The zero-order chi connectivity index (χ0) is 16.4. The van der Waals surface area contributed by atoms with E-state index < -0.39 is 0 Å². The van der Waals surface area contributed by atoms with Crippen molar-refractivity contribution in [2.75, 3.05) is 19.9 Å². The third kappa shape index (κ3) is 3.69. The molecular formula is C16H20ClN5O3. The molecule has 0 atom stereocenters. The lowest BCUT2D eigenvalue weighted by atomic mass is 10.1. The quantitative estimate of drug-likeness (QED) is 0.848. The van der Waals surface area contributed by atoms with Crippen LogP contribution < -0.4 is 20.1 Å². The van der Waals surface area contributed by atoms with Gasteiger partial charge in [0.25, 0.3) is 5.91 Å². The van der Waals surface area contributed by atoms with Crippen LogP contribution in [0.15, 0.2) is 24.4 Å². The van der Waals surface area contributed by atoms with E-state index in [1.54, 1.807) is 10.9 Å². The monoisotopic (exact) mass is 365 g/mol. The minimum absolute atomic E-state index is 0. The molecule has 0 spiro atoms. The van der Waals surface area contributed by atoms with Gasteiger partial charge in [0, 0.05) is 12.1 Å². The molecule has 1 fully saturated rings. The first-order valence-corrected chi connectivity index (χ1v) is 8.09. The van der Waals surface area contributed by atoms with Crippen LogP contribution in [0.1, 0.15) is 34.9 Å². The highest BCUT2D eigenvalue weighted by Gasteiger charge is 2.20. The Morgan fingerprint density at radius 3 is 3.00 bits per heavy atom. The van der Waals surface area contributed by atoms with E-state index in [9.17, 15) is 4.79 Å². The van der Waals surface area contributed by atoms with Gasteiger partial charge < -0.3 is 20.1 Å². The Bertz CT molecular complexity index is 745. The van der Waals surface area contributed by atoms with Crippen molar-refractivity contribution in [2.24, 2.45) is 0 Å². The van der Waals surface area contributed by atoms with Crippen molar-refractivity contribution in [1.82, 2.24) is 25.6 Å². The van der Waals surface area contributed by atoms with Crippen molar-refractivity contribution < 1.29 is 14.3 Å². The normalized spacial score (nSPS) is 16.3. The van der Waals surface area contributed by atoms with Gasteiger partial charge in [-0.3, -0.25) is 4.79 Å². The summed E-state index contributed by atoms with van der Waals surface area (Å²) in [5.74, 6) is 1.15. The number of ether oxygens (including phenoxy) is 2. The molecule has 134 valence electrons. The molecule has 2 aliphatic rings. The fraction of sp³-hybridized carbons (Fsp3) is 0.438. The number of nitrogens with zero attached hydrogens (tertiary/aromatic N) is 3. The maximum Gasteiger partial charge on any atom is 0.273 e. The van der Waals surface area contributed by atoms with Gasteiger partial charge in [0.1, 0.15) is 0 Å². The number of nitrogens with one attached hydrogen (secondary N) is 2. The predicted octanol–water partition coefficient (Wildman–Crippen LogP) is 1.28. The number of hydrogen-bond acceptors (Lipinski definition) is 6. The molecule has 1 aromatic heterocycles. The van der Waals surface area contributed by atoms with Gasteiger partial charge in [0.05, 0.1) is 12.2 Å². The van der Waals surface area contributed by atoms with Gasteiger partial charge in [-0.05, 0) is 32.0 Å². The van der Waals surface area contributed by atoms with Crippen LogP contribution in [0.25, 0.3) is 0 Å². The summed E-state index contributed by atoms with van der Waals surface area (Å²) >= 11 is 0. The number of benzene rings is 1. The van der Waals surface area contributed by atoms with Crippen LogP contribution in [0.3, 0.4) is 0 Å². The van der Waals surface area contributed by atoms with Crippen LogP contribution >= 0.6 is 12.4 Å². The number of halogens is 1. The van der Waals surface area contributed by atoms with Gasteiger partial charge in [-0.25, -0.2) is 4.68 Å². The topological polar surface area (TPSA) is 90.3 Å². The summed E-state index contributed by atoms with van der Waals surface area (Å²) in [5, 5.41) is 14.3. The Kier molecular flexibility index (Phi) is 5.40. The number of carbonyl (C=O) groups excluding carboxylic acids is 1. The molecule has 4 rings (SSSR count). The molecule has 2 aliphatic heterocycles. The Labute approximate surface area is 151 Å². The smallest absolute Gasteiger partial charge is 0.273 e. The fourth-order valence-corrected chi connectivity index (χ4v) is 3.03. The van der Waals surface area contributed by atoms with E-state index in [1.807, 2.05) is 18.2 Å². The lowest BCUT2D eigenvalue weighted by molar-refractivity contribution is 0.0945. The zero-order valence-electron chi connectivity index (χ0n) is 13.6. The first-order valence-electron chi connectivity index (χ1n) is 8.09. The highest BCUT2D eigenvalue weighted by Crippen LogP contribution is 2.35. The van der Waals surface area contributed by atoms with E-state index in [-0.39, 0.29) is 25.1 Å². The molecule has 8 nitrogen and oxygen atoms in total. The second kappa shape index (κ2) is 7.71. The van der Waals surface area contributed by atoms with Crippen molar-refractivity contribution in [3.63, 3.8) is 0 Å². The van der Waals surface area contributed by atoms with Crippen molar-refractivity contribution in [1.29, 1.82) is 0 Å². The van der Waals surface area contributed by atoms with Crippen LogP contribution in [0, 0.1) is 0 Å². The number of hydrogen-bond donors (Lipinski definition) is 2. The number of piperidine rings is 1. The van der Waals surface area contributed by atoms with Crippen LogP contribution in [-0.4, -0.2) is 40.8 Å². The Hall–Kier alpha value is -2.32. The minimum atomic E-state index is -0.244. The summed E-state index contributed by atoms with van der Waals surface area (Å²) in [4.78, 5) is 12.3. The van der Waals surface area contributed by atoms with E-state index in [0.717, 1.165) is 31.5 Å². The predicted molar refractivity (Wildman–Crippen MR) is 92.1 cm³/mol. The summed E-state index contributed by atoms with van der Waals surface area (Å²) in [6.45, 7) is 2.50. The standard InChI is InChI=1S/C16H19N5O3.ClH/c22-16(13-9-21(20-19-13)12-4-6-17-7-5-12)18-8-11-2-1-3-14-15(11)24-10-23-14;/h1-3,9,12,17H,4-8,10H2,(H,18,22);1H. The zero-order valence-corrected chi connectivity index (χ0v) is 14.4. The molecule has 25 heavy (non-hydrogen) atoms. The first kappa shape index (κ1) is 17.5. The van der Waals surface area contributed by atoms with E-state index in [1.165, 1.54) is 0 Å². The second-order valence-corrected chi connectivity index (χ2v) is 5.90. The largest absolute Gasteiger partial charge is 0.454 e. The van der Waals surface area contributed by atoms with Crippen molar-refractivity contribution in [3.05, 3.63) is 35.7 Å². The van der Waals surface area contributed by atoms with Crippen molar-refractivity contribution in [2.45, 2.75) is 25.4 Å². The Morgan fingerprint density at radius 1 is 1.32 bits per heavy atom. The lowest BCUT2D eigenvalue weighted by Gasteiger charge is -2.22. The van der Waals surface area contributed by atoms with Crippen LogP contribution in [0.5, 0.6) is 11.5 Å². The van der Waals surface area contributed by atoms with Crippen LogP contribution in [-0.2, 0) is 6.54 Å². The van der Waals surface area contributed by atoms with Gasteiger partial charge >= 0.3 is 0 Å². The molecule has 0 bridgehead atoms. The number of aromatic nitrogens is 3. The molecule has 2 N–H and O–H groups in total. The Balaban J connectivity index is 0.00000182. The van der Waals surface area contributed by atoms with Crippen molar-refractivity contribution >= 4 is 18.3 Å². The molecular weight excluding hydrogens is 346 g/mol. The summed E-state index contributed by atoms with van der Waals surface area (Å²) in [6, 6.07) is 5.93. The summed E-state index contributed by atoms with van der Waals surface area (Å²) in [6.07, 6.45) is 3.72. The first-order chi connectivity index (χ1) is 11.8. The number of fused-ring (bicyclic) bond motifs is 1. The summed E-state index contributed by atoms with van der Waals surface area (Å²) < 4.78 is 12.6. The molecule has 0 aliphatic carbocycles. The molecule has 9 heteroatoms. The highest BCUT2D eigenvalue weighted by molar-refractivity contribution is 5.91. The highest BCUT2D eigenvalue weighted by atomic mass is 35.5. The number of rotatable bonds is 4. The maximum absolute atomic E-state index is 12.3. The molecule has 0 saturated carbocycles. The Morgan fingerprint density at radius 2 is 2.16 bits per heavy atom. The number of amides is 1. The lowest BCUT2D eigenvalue weighted by Crippen LogP contribution is -2.29. The summed E-state index contributed by atoms with van der Waals surface area (Å²) in [5.41, 5.74) is 1.21. The summed E-state index contributed by atoms with van der Waals surface area (Å²) in [7, 11) is 0. The van der Waals surface area contributed by atoms with Gasteiger partial charge in [-0.15, -0.1) is 17.5 Å². The third-order valence-electron chi connectivity index (χ3n) is 4.34. The minimum Gasteiger partial charge on any atom is -0.454 e. The van der Waals surface area contributed by atoms with Gasteiger partial charge in [-0.2, -0.15) is 0 Å². The molecule has 2 aromatic rings. The van der Waals surface area contributed by atoms with E-state index in [4.69, 9.17) is 9.47 Å². The number of carbonyl (C=O) groups is 1.